The largest absolute Gasteiger partial charge is 0.493 e. The van der Waals surface area contributed by atoms with Gasteiger partial charge in [-0.15, -0.1) is 0 Å². The number of benzene rings is 1. The van der Waals surface area contributed by atoms with Gasteiger partial charge in [-0.2, -0.15) is 0 Å². The van der Waals surface area contributed by atoms with Crippen LogP contribution in [0.4, 0.5) is 10.2 Å². The summed E-state index contributed by atoms with van der Waals surface area (Å²) in [5.41, 5.74) is 3.68. The van der Waals surface area contributed by atoms with Crippen molar-refractivity contribution in [3.8, 4) is 5.75 Å². The number of fused-ring (bicyclic) bond motifs is 1. The Morgan fingerprint density at radius 2 is 2.10 bits per heavy atom. The van der Waals surface area contributed by atoms with E-state index in [-0.39, 0.29) is 17.7 Å². The van der Waals surface area contributed by atoms with Crippen LogP contribution < -0.4 is 10.1 Å². The summed E-state index contributed by atoms with van der Waals surface area (Å²) in [6.07, 6.45) is 7.53. The number of rotatable bonds is 13. The van der Waals surface area contributed by atoms with Crippen LogP contribution in [0.25, 0.3) is 0 Å². The van der Waals surface area contributed by atoms with Crippen molar-refractivity contribution in [2.45, 2.75) is 83.7 Å². The van der Waals surface area contributed by atoms with E-state index in [9.17, 15) is 14.3 Å². The van der Waals surface area contributed by atoms with E-state index in [2.05, 4.69) is 29.3 Å². The number of anilines is 1. The van der Waals surface area contributed by atoms with Crippen LogP contribution in [0.2, 0.25) is 0 Å². The molecule has 7 nitrogen and oxygen atoms in total. The Hall–Kier alpha value is -2.71. The van der Waals surface area contributed by atoms with Gasteiger partial charge in [-0.25, -0.2) is 9.37 Å². The van der Waals surface area contributed by atoms with Gasteiger partial charge in [-0.05, 0) is 86.9 Å². The SMILES string of the molecule is CCN(CCCCCc1ccc2c(n1)NCCC2)[C@@H]1CCN(C(C(=O)O)c2cc(C(C)C)cc(F)c2OC)C1. The number of ether oxygens (including phenoxy) is 1. The number of unbranched alkanes of at least 4 members (excludes halogenated alkanes) is 2. The zero-order chi connectivity index (χ0) is 27.9. The number of aromatic nitrogens is 1. The highest BCUT2D eigenvalue weighted by Gasteiger charge is 2.37. The lowest BCUT2D eigenvalue weighted by atomic mass is 9.95. The Morgan fingerprint density at radius 3 is 2.82 bits per heavy atom. The molecule has 0 aliphatic carbocycles. The van der Waals surface area contributed by atoms with Crippen LogP contribution in [0.1, 0.15) is 87.2 Å². The van der Waals surface area contributed by atoms with Gasteiger partial charge in [0, 0.05) is 36.9 Å². The fraction of sp³-hybridized carbons (Fsp3) is 0.613. The number of nitrogens with zero attached hydrogens (tertiary/aromatic N) is 3. The smallest absolute Gasteiger partial charge is 0.325 e. The van der Waals surface area contributed by atoms with Crippen LogP contribution in [0.3, 0.4) is 0 Å². The highest BCUT2D eigenvalue weighted by atomic mass is 19.1. The van der Waals surface area contributed by atoms with Gasteiger partial charge < -0.3 is 15.2 Å². The van der Waals surface area contributed by atoms with Gasteiger partial charge >= 0.3 is 5.97 Å². The predicted molar refractivity (Wildman–Crippen MR) is 153 cm³/mol. The lowest BCUT2D eigenvalue weighted by molar-refractivity contribution is -0.143. The van der Waals surface area contributed by atoms with E-state index < -0.39 is 17.8 Å². The summed E-state index contributed by atoms with van der Waals surface area (Å²) in [5, 5.41) is 13.6. The van der Waals surface area contributed by atoms with Crippen LogP contribution in [-0.4, -0.2) is 71.7 Å². The topological polar surface area (TPSA) is 77.9 Å². The Morgan fingerprint density at radius 1 is 1.28 bits per heavy atom. The number of likely N-dealkylation sites (N-methyl/N-ethyl adjacent to an activating group) is 1. The summed E-state index contributed by atoms with van der Waals surface area (Å²) in [4.78, 5) is 21.8. The molecule has 39 heavy (non-hydrogen) atoms. The van der Waals surface area contributed by atoms with E-state index in [0.29, 0.717) is 18.7 Å². The molecule has 1 aromatic carbocycles. The minimum absolute atomic E-state index is 0.0341. The van der Waals surface area contributed by atoms with Crippen molar-refractivity contribution >= 4 is 11.8 Å². The predicted octanol–water partition coefficient (Wildman–Crippen LogP) is 5.65. The van der Waals surface area contributed by atoms with Crippen molar-refractivity contribution in [2.24, 2.45) is 0 Å². The van der Waals surface area contributed by atoms with E-state index in [1.54, 1.807) is 0 Å². The van der Waals surface area contributed by atoms with Gasteiger partial charge in [-0.1, -0.05) is 33.3 Å². The molecule has 1 saturated heterocycles. The summed E-state index contributed by atoms with van der Waals surface area (Å²) in [5.74, 6) is -0.286. The van der Waals surface area contributed by atoms with Crippen molar-refractivity contribution in [1.29, 1.82) is 0 Å². The molecule has 2 aliphatic rings. The Balaban J connectivity index is 1.32. The number of aliphatic carboxylic acids is 1. The molecule has 1 aromatic heterocycles. The first-order valence-electron chi connectivity index (χ1n) is 14.6. The van der Waals surface area contributed by atoms with Crippen molar-refractivity contribution in [3.05, 3.63) is 52.5 Å². The quantitative estimate of drug-likeness (QED) is 0.318. The lowest BCUT2D eigenvalue weighted by Gasteiger charge is -2.30. The summed E-state index contributed by atoms with van der Waals surface area (Å²) < 4.78 is 20.2. The third-order valence-corrected chi connectivity index (χ3v) is 8.31. The maximum atomic E-state index is 14.9. The fourth-order valence-electron chi connectivity index (χ4n) is 6.08. The summed E-state index contributed by atoms with van der Waals surface area (Å²) in [7, 11) is 1.40. The molecule has 1 fully saturated rings. The number of pyridine rings is 1. The molecular formula is C31H45FN4O3. The van der Waals surface area contributed by atoms with Crippen molar-refractivity contribution < 1.29 is 19.0 Å². The molecule has 0 bridgehead atoms. The molecule has 1 unspecified atom stereocenters. The minimum atomic E-state index is -0.969. The van der Waals surface area contributed by atoms with E-state index >= 15 is 0 Å². The second kappa shape index (κ2) is 13.6. The van der Waals surface area contributed by atoms with Crippen LogP contribution in [-0.2, 0) is 17.6 Å². The molecule has 8 heteroatoms. The van der Waals surface area contributed by atoms with Crippen LogP contribution >= 0.6 is 0 Å². The number of hydrogen-bond donors (Lipinski definition) is 2. The first-order valence-corrected chi connectivity index (χ1v) is 14.6. The number of halogens is 1. The first-order chi connectivity index (χ1) is 18.8. The van der Waals surface area contributed by atoms with E-state index in [4.69, 9.17) is 9.72 Å². The monoisotopic (exact) mass is 540 g/mol. The number of carbonyl (C=O) groups is 1. The molecule has 214 valence electrons. The number of nitrogens with one attached hydrogen (secondary N) is 1. The van der Waals surface area contributed by atoms with Crippen LogP contribution in [0, 0.1) is 5.82 Å². The van der Waals surface area contributed by atoms with Gasteiger partial charge in [0.1, 0.15) is 11.9 Å². The molecule has 2 N–H and O–H groups in total. The second-order valence-corrected chi connectivity index (χ2v) is 11.2. The number of methoxy groups -OCH3 is 1. The summed E-state index contributed by atoms with van der Waals surface area (Å²) in [6, 6.07) is 7.01. The molecule has 2 aromatic rings. The highest BCUT2D eigenvalue weighted by molar-refractivity contribution is 5.77. The second-order valence-electron chi connectivity index (χ2n) is 11.2. The average Bonchev–Trinajstić information content (AvgIpc) is 3.39. The summed E-state index contributed by atoms with van der Waals surface area (Å²) in [6.45, 7) is 10.4. The van der Waals surface area contributed by atoms with Crippen molar-refractivity contribution in [1.82, 2.24) is 14.8 Å². The van der Waals surface area contributed by atoms with E-state index in [1.807, 2.05) is 24.8 Å². The molecule has 0 spiro atoms. The molecular weight excluding hydrogens is 495 g/mol. The number of aryl methyl sites for hydroxylation is 2. The Kier molecular flexibility index (Phi) is 10.2. The molecule has 2 aliphatic heterocycles. The zero-order valence-corrected chi connectivity index (χ0v) is 24.0. The molecule has 0 radical (unpaired) electrons. The van der Waals surface area contributed by atoms with Crippen molar-refractivity contribution in [3.63, 3.8) is 0 Å². The normalized spacial score (nSPS) is 18.3. The lowest BCUT2D eigenvalue weighted by Crippen LogP contribution is -2.40. The fourth-order valence-corrected chi connectivity index (χ4v) is 6.08. The number of likely N-dealkylation sites (tertiary alicyclic amines) is 1. The molecule has 0 saturated carbocycles. The summed E-state index contributed by atoms with van der Waals surface area (Å²) >= 11 is 0. The zero-order valence-electron chi connectivity index (χ0n) is 24.0. The van der Waals surface area contributed by atoms with E-state index in [1.165, 1.54) is 25.2 Å². The number of hydrogen-bond acceptors (Lipinski definition) is 6. The standard InChI is InChI=1S/C31H45FN4O3/c1-5-35(16-8-6-7-11-24-13-12-22-10-9-15-33-30(22)34-24)25-14-17-36(20-25)28(31(37)38)26-18-23(21(2)3)19-27(32)29(26)39-4/h12-13,18-19,21,25,28H,5-11,14-17,20H2,1-4H3,(H,33,34)(H,37,38)/t25-,28?/m1/s1. The maximum absolute atomic E-state index is 14.9. The van der Waals surface area contributed by atoms with Gasteiger partial charge in [0.05, 0.1) is 7.11 Å². The Bertz CT molecular complexity index is 1130. The maximum Gasteiger partial charge on any atom is 0.325 e. The third kappa shape index (κ3) is 7.09. The van der Waals surface area contributed by atoms with Crippen molar-refractivity contribution in [2.75, 3.05) is 45.2 Å². The molecule has 3 heterocycles. The van der Waals surface area contributed by atoms with E-state index in [0.717, 1.165) is 75.2 Å². The number of carboxylic acid groups (broad SMARTS) is 1. The molecule has 2 atom stereocenters. The van der Waals surface area contributed by atoms with Gasteiger partial charge in [0.2, 0.25) is 0 Å². The third-order valence-electron chi connectivity index (χ3n) is 8.31. The minimum Gasteiger partial charge on any atom is -0.493 e. The number of carboxylic acids is 1. The molecule has 0 amide bonds. The first kappa shape index (κ1) is 29.3. The highest BCUT2D eigenvalue weighted by Crippen LogP contribution is 2.37. The van der Waals surface area contributed by atoms with Gasteiger partial charge in [0.15, 0.2) is 11.6 Å². The molecule has 4 rings (SSSR count). The van der Waals surface area contributed by atoms with Gasteiger partial charge in [0.25, 0.3) is 0 Å². The van der Waals surface area contributed by atoms with Gasteiger partial charge in [-0.3, -0.25) is 14.6 Å². The van der Waals surface area contributed by atoms with Crippen LogP contribution in [0.5, 0.6) is 5.75 Å². The van der Waals surface area contributed by atoms with Crippen LogP contribution in [0.15, 0.2) is 24.3 Å². The average molecular weight is 541 g/mol. The Labute approximate surface area is 232 Å².